The molecular formula is C15H25ClN2O. The molecule has 1 heterocycles. The second kappa shape index (κ2) is 9.18. The molecule has 108 valence electrons. The van der Waals surface area contributed by atoms with Gasteiger partial charge in [0, 0.05) is 17.1 Å². The van der Waals surface area contributed by atoms with Gasteiger partial charge in [-0.25, -0.2) is 0 Å². The van der Waals surface area contributed by atoms with Crippen LogP contribution in [-0.4, -0.2) is 38.7 Å². The molecule has 0 amide bonds. The Morgan fingerprint density at radius 1 is 1.26 bits per heavy atom. The SMILES string of the molecule is CCOc1ccc(Cl)cc1CN1CCCC1.CNC. The molecule has 0 aromatic heterocycles. The Labute approximate surface area is 121 Å². The highest BCUT2D eigenvalue weighted by Crippen LogP contribution is 2.25. The Bertz CT molecular complexity index is 365. The zero-order valence-corrected chi connectivity index (χ0v) is 13.0. The molecule has 1 aliphatic rings. The first-order valence-electron chi connectivity index (χ1n) is 6.93. The summed E-state index contributed by atoms with van der Waals surface area (Å²) < 4.78 is 5.62. The first kappa shape index (κ1) is 16.3. The summed E-state index contributed by atoms with van der Waals surface area (Å²) in [5, 5.41) is 3.54. The van der Waals surface area contributed by atoms with Gasteiger partial charge in [-0.05, 0) is 65.1 Å². The summed E-state index contributed by atoms with van der Waals surface area (Å²) in [6, 6.07) is 5.88. The van der Waals surface area contributed by atoms with E-state index in [1.165, 1.54) is 31.5 Å². The number of ether oxygens (including phenoxy) is 1. The van der Waals surface area contributed by atoms with E-state index in [0.29, 0.717) is 6.61 Å². The molecule has 3 nitrogen and oxygen atoms in total. The number of halogens is 1. The van der Waals surface area contributed by atoms with Crippen molar-refractivity contribution in [3.05, 3.63) is 28.8 Å². The molecular weight excluding hydrogens is 260 g/mol. The average Bonchev–Trinajstić information content (AvgIpc) is 2.87. The van der Waals surface area contributed by atoms with E-state index in [2.05, 4.69) is 10.2 Å². The zero-order valence-electron chi connectivity index (χ0n) is 12.2. The van der Waals surface area contributed by atoms with Crippen LogP contribution < -0.4 is 10.1 Å². The number of benzene rings is 1. The van der Waals surface area contributed by atoms with Gasteiger partial charge in [0.2, 0.25) is 0 Å². The van der Waals surface area contributed by atoms with Gasteiger partial charge in [0.05, 0.1) is 6.61 Å². The van der Waals surface area contributed by atoms with Crippen LogP contribution in [0.1, 0.15) is 25.3 Å². The van der Waals surface area contributed by atoms with Crippen LogP contribution in [0.2, 0.25) is 5.02 Å². The van der Waals surface area contributed by atoms with Crippen molar-refractivity contribution in [3.8, 4) is 5.75 Å². The number of likely N-dealkylation sites (tertiary alicyclic amines) is 1. The highest BCUT2D eigenvalue weighted by atomic mass is 35.5. The van der Waals surface area contributed by atoms with Crippen LogP contribution in [-0.2, 0) is 6.54 Å². The predicted octanol–water partition coefficient (Wildman–Crippen LogP) is 3.17. The second-order valence-electron chi connectivity index (χ2n) is 4.67. The fraction of sp³-hybridized carbons (Fsp3) is 0.600. The highest BCUT2D eigenvalue weighted by molar-refractivity contribution is 6.30. The van der Waals surface area contributed by atoms with Crippen molar-refractivity contribution in [1.29, 1.82) is 0 Å². The molecule has 2 rings (SSSR count). The number of hydrogen-bond donors (Lipinski definition) is 1. The van der Waals surface area contributed by atoms with Gasteiger partial charge < -0.3 is 10.1 Å². The molecule has 0 radical (unpaired) electrons. The highest BCUT2D eigenvalue weighted by Gasteiger charge is 2.14. The van der Waals surface area contributed by atoms with Crippen molar-refractivity contribution in [1.82, 2.24) is 10.2 Å². The lowest BCUT2D eigenvalue weighted by molar-refractivity contribution is 0.305. The number of rotatable bonds is 4. The Morgan fingerprint density at radius 2 is 1.89 bits per heavy atom. The van der Waals surface area contributed by atoms with Crippen molar-refractivity contribution in [3.63, 3.8) is 0 Å². The third-order valence-electron chi connectivity index (χ3n) is 2.92. The molecule has 0 aliphatic carbocycles. The Morgan fingerprint density at radius 3 is 2.47 bits per heavy atom. The van der Waals surface area contributed by atoms with E-state index in [0.717, 1.165) is 17.3 Å². The molecule has 1 aromatic carbocycles. The molecule has 1 N–H and O–H groups in total. The van der Waals surface area contributed by atoms with Gasteiger partial charge in [-0.15, -0.1) is 0 Å². The molecule has 1 aliphatic heterocycles. The molecule has 0 saturated carbocycles. The Hall–Kier alpha value is -0.770. The van der Waals surface area contributed by atoms with E-state index in [-0.39, 0.29) is 0 Å². The second-order valence-corrected chi connectivity index (χ2v) is 5.10. The summed E-state index contributed by atoms with van der Waals surface area (Å²) in [5.74, 6) is 0.971. The van der Waals surface area contributed by atoms with E-state index in [1.807, 2.05) is 39.2 Å². The number of hydrogen-bond acceptors (Lipinski definition) is 3. The summed E-state index contributed by atoms with van der Waals surface area (Å²) in [6.07, 6.45) is 2.62. The van der Waals surface area contributed by atoms with Gasteiger partial charge in [-0.1, -0.05) is 11.6 Å². The molecule has 0 unspecified atom stereocenters. The molecule has 19 heavy (non-hydrogen) atoms. The molecule has 1 fully saturated rings. The van der Waals surface area contributed by atoms with Gasteiger partial charge >= 0.3 is 0 Å². The minimum atomic E-state index is 0.703. The normalized spacial score (nSPS) is 14.9. The Balaban J connectivity index is 0.000000550. The van der Waals surface area contributed by atoms with Crippen LogP contribution in [0.4, 0.5) is 0 Å². The summed E-state index contributed by atoms with van der Waals surface area (Å²) in [7, 11) is 3.75. The predicted molar refractivity (Wildman–Crippen MR) is 82.1 cm³/mol. The van der Waals surface area contributed by atoms with Gasteiger partial charge in [-0.2, -0.15) is 0 Å². The third kappa shape index (κ3) is 5.81. The van der Waals surface area contributed by atoms with Gasteiger partial charge in [0.15, 0.2) is 0 Å². The molecule has 4 heteroatoms. The minimum Gasteiger partial charge on any atom is -0.494 e. The lowest BCUT2D eigenvalue weighted by Gasteiger charge is -2.17. The minimum absolute atomic E-state index is 0.703. The lowest BCUT2D eigenvalue weighted by atomic mass is 10.2. The van der Waals surface area contributed by atoms with Crippen LogP contribution >= 0.6 is 11.6 Å². The van der Waals surface area contributed by atoms with E-state index >= 15 is 0 Å². The smallest absolute Gasteiger partial charge is 0.123 e. The van der Waals surface area contributed by atoms with Gasteiger partial charge in [0.25, 0.3) is 0 Å². The van der Waals surface area contributed by atoms with Crippen molar-refractivity contribution in [2.24, 2.45) is 0 Å². The maximum absolute atomic E-state index is 6.03. The average molecular weight is 285 g/mol. The standard InChI is InChI=1S/C13H18ClNO.C2H7N/c1-2-16-13-6-5-12(14)9-11(13)10-15-7-3-4-8-15;1-3-2/h5-6,9H,2-4,7-8,10H2,1H3;3H,1-2H3. The van der Waals surface area contributed by atoms with E-state index in [1.54, 1.807) is 0 Å². The maximum atomic E-state index is 6.03. The zero-order chi connectivity index (χ0) is 14.1. The summed E-state index contributed by atoms with van der Waals surface area (Å²) >= 11 is 6.03. The molecule has 1 aromatic rings. The van der Waals surface area contributed by atoms with Crippen LogP contribution in [0.25, 0.3) is 0 Å². The van der Waals surface area contributed by atoms with E-state index in [4.69, 9.17) is 16.3 Å². The monoisotopic (exact) mass is 284 g/mol. The lowest BCUT2D eigenvalue weighted by Crippen LogP contribution is -2.18. The first-order valence-corrected chi connectivity index (χ1v) is 7.31. The topological polar surface area (TPSA) is 24.5 Å². The molecule has 0 atom stereocenters. The molecule has 0 spiro atoms. The quantitative estimate of drug-likeness (QED) is 0.919. The number of nitrogens with zero attached hydrogens (tertiary/aromatic N) is 1. The van der Waals surface area contributed by atoms with Crippen LogP contribution in [0.15, 0.2) is 18.2 Å². The van der Waals surface area contributed by atoms with E-state index < -0.39 is 0 Å². The summed E-state index contributed by atoms with van der Waals surface area (Å²) in [4.78, 5) is 2.45. The van der Waals surface area contributed by atoms with Crippen molar-refractivity contribution < 1.29 is 4.74 Å². The maximum Gasteiger partial charge on any atom is 0.123 e. The Kier molecular flexibility index (Phi) is 7.87. The van der Waals surface area contributed by atoms with Crippen LogP contribution in [0.3, 0.4) is 0 Å². The van der Waals surface area contributed by atoms with Gasteiger partial charge in [-0.3, -0.25) is 4.90 Å². The third-order valence-corrected chi connectivity index (χ3v) is 3.15. The van der Waals surface area contributed by atoms with Crippen molar-refractivity contribution in [2.45, 2.75) is 26.3 Å². The largest absolute Gasteiger partial charge is 0.494 e. The van der Waals surface area contributed by atoms with Gasteiger partial charge in [0.1, 0.15) is 5.75 Å². The van der Waals surface area contributed by atoms with E-state index in [9.17, 15) is 0 Å². The fourth-order valence-electron chi connectivity index (χ4n) is 2.15. The summed E-state index contributed by atoms with van der Waals surface area (Å²) in [6.45, 7) is 6.05. The fourth-order valence-corrected chi connectivity index (χ4v) is 2.34. The number of nitrogens with one attached hydrogen (secondary N) is 1. The van der Waals surface area contributed by atoms with Crippen LogP contribution in [0, 0.1) is 0 Å². The first-order chi connectivity index (χ1) is 9.21. The summed E-state index contributed by atoms with van der Waals surface area (Å²) in [5.41, 5.74) is 1.20. The van der Waals surface area contributed by atoms with Crippen LogP contribution in [0.5, 0.6) is 5.75 Å². The van der Waals surface area contributed by atoms with Crippen molar-refractivity contribution in [2.75, 3.05) is 33.8 Å². The molecule has 1 saturated heterocycles. The molecule has 0 bridgehead atoms. The van der Waals surface area contributed by atoms with Crippen molar-refractivity contribution >= 4 is 11.6 Å².